The number of rotatable bonds is 6. The summed E-state index contributed by atoms with van der Waals surface area (Å²) in [5, 5.41) is 2.91. The Kier molecular flexibility index (Phi) is 4.27. The van der Waals surface area contributed by atoms with Gasteiger partial charge in [-0.05, 0) is 50.8 Å². The van der Waals surface area contributed by atoms with E-state index >= 15 is 0 Å². The zero-order valence-electron chi connectivity index (χ0n) is 11.9. The van der Waals surface area contributed by atoms with Crippen molar-refractivity contribution in [2.75, 3.05) is 17.2 Å². The van der Waals surface area contributed by atoms with Gasteiger partial charge in [0.05, 0.1) is 11.3 Å². The van der Waals surface area contributed by atoms with Gasteiger partial charge < -0.3 is 16.0 Å². The van der Waals surface area contributed by atoms with Crippen LogP contribution in [-0.2, 0) is 4.79 Å². The lowest BCUT2D eigenvalue weighted by Gasteiger charge is -2.24. The molecule has 5 nitrogen and oxygen atoms in total. The van der Waals surface area contributed by atoms with Gasteiger partial charge in [-0.15, -0.1) is 0 Å². The Hall–Kier alpha value is -2.04. The van der Waals surface area contributed by atoms with E-state index in [1.807, 2.05) is 13.8 Å². The van der Waals surface area contributed by atoms with Crippen molar-refractivity contribution < 1.29 is 9.59 Å². The van der Waals surface area contributed by atoms with Crippen molar-refractivity contribution in [2.24, 2.45) is 5.92 Å². The number of benzene rings is 1. The Morgan fingerprint density at radius 2 is 2.20 bits per heavy atom. The highest BCUT2D eigenvalue weighted by molar-refractivity contribution is 6.02. The Labute approximate surface area is 119 Å². The van der Waals surface area contributed by atoms with Crippen LogP contribution in [0.5, 0.6) is 0 Å². The van der Waals surface area contributed by atoms with E-state index in [-0.39, 0.29) is 11.9 Å². The van der Waals surface area contributed by atoms with Crippen LogP contribution in [0.3, 0.4) is 0 Å². The number of hydrogen-bond donors (Lipinski definition) is 2. The molecule has 3 N–H and O–H groups in total. The first-order chi connectivity index (χ1) is 9.52. The summed E-state index contributed by atoms with van der Waals surface area (Å²) in [4.78, 5) is 25.1. The monoisotopic (exact) mass is 275 g/mol. The van der Waals surface area contributed by atoms with Crippen LogP contribution in [0.25, 0.3) is 0 Å². The molecule has 5 heteroatoms. The fourth-order valence-electron chi connectivity index (χ4n) is 2.07. The van der Waals surface area contributed by atoms with Crippen molar-refractivity contribution in [1.29, 1.82) is 0 Å². The maximum absolute atomic E-state index is 12.3. The molecule has 0 bridgehead atoms. The molecule has 1 aromatic rings. The standard InChI is InChI=1S/C15H21N3O2/c1-10(2)18(9-19)14-6-5-12(16)7-13(14)15(20)17-8-11-3-4-11/h5-7,9-11H,3-4,8,16H2,1-2H3,(H,17,20). The molecule has 20 heavy (non-hydrogen) atoms. The summed E-state index contributed by atoms with van der Waals surface area (Å²) in [6, 6.07) is 5.02. The van der Waals surface area contributed by atoms with Gasteiger partial charge >= 0.3 is 0 Å². The van der Waals surface area contributed by atoms with E-state index in [2.05, 4.69) is 5.32 Å². The molecule has 108 valence electrons. The number of carbonyl (C=O) groups excluding carboxylic acids is 2. The van der Waals surface area contributed by atoms with Crippen LogP contribution >= 0.6 is 0 Å². The van der Waals surface area contributed by atoms with E-state index in [1.54, 1.807) is 18.2 Å². The SMILES string of the molecule is CC(C)N(C=O)c1ccc(N)cc1C(=O)NCC1CC1. The highest BCUT2D eigenvalue weighted by Crippen LogP contribution is 2.28. The van der Waals surface area contributed by atoms with Crippen LogP contribution in [0, 0.1) is 5.92 Å². The fourth-order valence-corrected chi connectivity index (χ4v) is 2.07. The summed E-state index contributed by atoms with van der Waals surface area (Å²) in [5.41, 5.74) is 7.32. The van der Waals surface area contributed by atoms with Gasteiger partial charge in [0, 0.05) is 18.3 Å². The van der Waals surface area contributed by atoms with Crippen LogP contribution in [0.15, 0.2) is 18.2 Å². The van der Waals surface area contributed by atoms with Gasteiger partial charge in [-0.3, -0.25) is 9.59 Å². The number of hydrogen-bond acceptors (Lipinski definition) is 3. The molecule has 0 saturated heterocycles. The van der Waals surface area contributed by atoms with E-state index in [9.17, 15) is 9.59 Å². The van der Waals surface area contributed by atoms with Crippen LogP contribution in [0.2, 0.25) is 0 Å². The largest absolute Gasteiger partial charge is 0.399 e. The molecule has 2 rings (SSSR count). The zero-order valence-corrected chi connectivity index (χ0v) is 11.9. The third kappa shape index (κ3) is 3.29. The number of nitrogens with two attached hydrogens (primary N) is 1. The number of nitrogens with zero attached hydrogens (tertiary/aromatic N) is 1. The topological polar surface area (TPSA) is 75.4 Å². The molecule has 1 aliphatic carbocycles. The van der Waals surface area contributed by atoms with Crippen molar-refractivity contribution in [3.8, 4) is 0 Å². The molecule has 2 amide bonds. The molecule has 1 saturated carbocycles. The number of carbonyl (C=O) groups is 2. The van der Waals surface area contributed by atoms with Crippen molar-refractivity contribution in [2.45, 2.75) is 32.7 Å². The van der Waals surface area contributed by atoms with Crippen molar-refractivity contribution in [1.82, 2.24) is 5.32 Å². The highest BCUT2D eigenvalue weighted by Gasteiger charge is 2.23. The summed E-state index contributed by atoms with van der Waals surface area (Å²) in [6.45, 7) is 4.49. The van der Waals surface area contributed by atoms with Gasteiger partial charge in [0.15, 0.2) is 0 Å². The lowest BCUT2D eigenvalue weighted by Crippen LogP contribution is -2.33. The van der Waals surface area contributed by atoms with Gasteiger partial charge in [0.1, 0.15) is 0 Å². The predicted molar refractivity (Wildman–Crippen MR) is 79.6 cm³/mol. The number of amides is 2. The average molecular weight is 275 g/mol. The summed E-state index contributed by atoms with van der Waals surface area (Å²) >= 11 is 0. The minimum Gasteiger partial charge on any atom is -0.399 e. The van der Waals surface area contributed by atoms with Crippen LogP contribution in [0.4, 0.5) is 11.4 Å². The number of anilines is 2. The summed E-state index contributed by atoms with van der Waals surface area (Å²) in [5.74, 6) is 0.433. The van der Waals surface area contributed by atoms with Gasteiger partial charge in [-0.1, -0.05) is 0 Å². The maximum Gasteiger partial charge on any atom is 0.253 e. The van der Waals surface area contributed by atoms with Gasteiger partial charge in [0.2, 0.25) is 6.41 Å². The molecule has 0 radical (unpaired) electrons. The Morgan fingerprint density at radius 3 is 2.75 bits per heavy atom. The van der Waals surface area contributed by atoms with Gasteiger partial charge in [-0.2, -0.15) is 0 Å². The smallest absolute Gasteiger partial charge is 0.253 e. The second-order valence-corrected chi connectivity index (χ2v) is 5.54. The molecule has 1 fully saturated rings. The molecule has 0 aromatic heterocycles. The third-order valence-electron chi connectivity index (χ3n) is 3.46. The Balaban J connectivity index is 2.25. The van der Waals surface area contributed by atoms with E-state index in [4.69, 9.17) is 5.73 Å². The molecule has 0 atom stereocenters. The minimum atomic E-state index is -0.174. The van der Waals surface area contributed by atoms with Crippen LogP contribution < -0.4 is 16.0 Å². The summed E-state index contributed by atoms with van der Waals surface area (Å²) < 4.78 is 0. The first-order valence-corrected chi connectivity index (χ1v) is 6.94. The molecule has 1 aromatic carbocycles. The first kappa shape index (κ1) is 14.4. The van der Waals surface area contributed by atoms with Crippen molar-refractivity contribution in [3.05, 3.63) is 23.8 Å². The van der Waals surface area contributed by atoms with Crippen LogP contribution in [-0.4, -0.2) is 24.9 Å². The highest BCUT2D eigenvalue weighted by atomic mass is 16.2. The summed E-state index contributed by atoms with van der Waals surface area (Å²) in [6.07, 6.45) is 3.10. The van der Waals surface area contributed by atoms with E-state index in [1.165, 1.54) is 17.7 Å². The molecule has 0 unspecified atom stereocenters. The Morgan fingerprint density at radius 1 is 1.50 bits per heavy atom. The lowest BCUT2D eigenvalue weighted by atomic mass is 10.1. The first-order valence-electron chi connectivity index (χ1n) is 6.94. The van der Waals surface area contributed by atoms with Crippen molar-refractivity contribution in [3.63, 3.8) is 0 Å². The third-order valence-corrected chi connectivity index (χ3v) is 3.46. The van der Waals surface area contributed by atoms with Gasteiger partial charge in [0.25, 0.3) is 5.91 Å². The summed E-state index contributed by atoms with van der Waals surface area (Å²) in [7, 11) is 0. The second-order valence-electron chi connectivity index (χ2n) is 5.54. The molecule has 0 spiro atoms. The second kappa shape index (κ2) is 5.94. The molecular weight excluding hydrogens is 254 g/mol. The fraction of sp³-hybridized carbons (Fsp3) is 0.467. The average Bonchev–Trinajstić information content (AvgIpc) is 3.22. The van der Waals surface area contributed by atoms with Gasteiger partial charge in [-0.25, -0.2) is 0 Å². The molecule has 0 aliphatic heterocycles. The quantitative estimate of drug-likeness (QED) is 0.614. The number of nitrogens with one attached hydrogen (secondary N) is 1. The van der Waals surface area contributed by atoms with E-state index in [0.717, 1.165) is 6.41 Å². The van der Waals surface area contributed by atoms with Crippen molar-refractivity contribution >= 4 is 23.7 Å². The van der Waals surface area contributed by atoms with E-state index in [0.29, 0.717) is 29.4 Å². The van der Waals surface area contributed by atoms with E-state index < -0.39 is 0 Å². The molecule has 0 heterocycles. The zero-order chi connectivity index (χ0) is 14.7. The molecular formula is C15H21N3O2. The minimum absolute atomic E-state index is 0.0221. The predicted octanol–water partition coefficient (Wildman–Crippen LogP) is 1.78. The van der Waals surface area contributed by atoms with Crippen LogP contribution in [0.1, 0.15) is 37.0 Å². The lowest BCUT2D eigenvalue weighted by molar-refractivity contribution is -0.107. The Bertz CT molecular complexity index is 510. The number of nitrogen functional groups attached to an aromatic ring is 1. The molecule has 1 aliphatic rings. The normalized spacial score (nSPS) is 14.2. The maximum atomic E-state index is 12.3.